The van der Waals surface area contributed by atoms with E-state index in [-0.39, 0.29) is 0 Å². The lowest BCUT2D eigenvalue weighted by atomic mass is 10.2. The van der Waals surface area contributed by atoms with Gasteiger partial charge in [0.25, 0.3) is 0 Å². The zero-order chi connectivity index (χ0) is 13.8. The first-order valence-corrected chi connectivity index (χ1v) is 7.34. The molecule has 3 rings (SSSR count). The van der Waals surface area contributed by atoms with Gasteiger partial charge < -0.3 is 10.2 Å². The van der Waals surface area contributed by atoms with Crippen molar-refractivity contribution in [3.63, 3.8) is 0 Å². The highest BCUT2D eigenvalue weighted by Gasteiger charge is 2.11. The Labute approximate surface area is 120 Å². The van der Waals surface area contributed by atoms with E-state index in [1.54, 1.807) is 0 Å². The maximum Gasteiger partial charge on any atom is 0.0762 e. The number of aromatic nitrogens is 2. The fourth-order valence-electron chi connectivity index (χ4n) is 2.69. The molecule has 4 heteroatoms. The normalized spacial score (nSPS) is 14.9. The van der Waals surface area contributed by atoms with Crippen molar-refractivity contribution < 1.29 is 0 Å². The molecule has 20 heavy (non-hydrogen) atoms. The van der Waals surface area contributed by atoms with E-state index in [0.717, 1.165) is 18.8 Å². The lowest BCUT2D eigenvalue weighted by molar-refractivity contribution is 0.656. The van der Waals surface area contributed by atoms with E-state index in [1.807, 2.05) is 24.0 Å². The van der Waals surface area contributed by atoms with Gasteiger partial charge in [0.1, 0.15) is 0 Å². The van der Waals surface area contributed by atoms with E-state index < -0.39 is 0 Å². The largest absolute Gasteiger partial charge is 0.372 e. The highest BCUT2D eigenvalue weighted by atomic mass is 15.3. The Morgan fingerprint density at radius 1 is 1.05 bits per heavy atom. The molecule has 0 aliphatic carbocycles. The van der Waals surface area contributed by atoms with Crippen molar-refractivity contribution >= 4 is 5.69 Å². The maximum atomic E-state index is 4.36. The van der Waals surface area contributed by atoms with Gasteiger partial charge >= 0.3 is 0 Å². The summed E-state index contributed by atoms with van der Waals surface area (Å²) in [5, 5.41) is 7.79. The number of benzene rings is 1. The van der Waals surface area contributed by atoms with Crippen LogP contribution in [0.5, 0.6) is 0 Å². The number of nitrogens with one attached hydrogen (secondary N) is 1. The minimum atomic E-state index is 0.814. The van der Waals surface area contributed by atoms with E-state index in [0.29, 0.717) is 0 Å². The van der Waals surface area contributed by atoms with Gasteiger partial charge in [0.05, 0.1) is 5.69 Å². The predicted molar refractivity (Wildman–Crippen MR) is 81.6 cm³/mol. The number of aryl methyl sites for hydroxylation is 1. The first-order valence-electron chi connectivity index (χ1n) is 7.34. The topological polar surface area (TPSA) is 33.1 Å². The molecule has 0 saturated carbocycles. The van der Waals surface area contributed by atoms with Crippen molar-refractivity contribution in [1.29, 1.82) is 0 Å². The van der Waals surface area contributed by atoms with Crippen LogP contribution in [0.4, 0.5) is 5.69 Å². The van der Waals surface area contributed by atoms with E-state index in [9.17, 15) is 0 Å². The summed E-state index contributed by atoms with van der Waals surface area (Å²) in [6.45, 7) is 4.11. The highest BCUT2D eigenvalue weighted by molar-refractivity contribution is 5.48. The molecular weight excluding hydrogens is 248 g/mol. The van der Waals surface area contributed by atoms with Gasteiger partial charge in [-0.25, -0.2) is 0 Å². The van der Waals surface area contributed by atoms with E-state index in [4.69, 9.17) is 0 Å². The van der Waals surface area contributed by atoms with Crippen LogP contribution in [0.25, 0.3) is 0 Å². The third-order valence-electron chi connectivity index (χ3n) is 3.81. The molecular formula is C16H22N4. The summed E-state index contributed by atoms with van der Waals surface area (Å²) in [5.74, 6) is 0. The Morgan fingerprint density at radius 3 is 2.45 bits per heavy atom. The molecule has 106 valence electrons. The first-order chi connectivity index (χ1) is 9.81. The molecule has 0 bridgehead atoms. The predicted octanol–water partition coefficient (Wildman–Crippen LogP) is 2.31. The summed E-state index contributed by atoms with van der Waals surface area (Å²) in [5.41, 5.74) is 3.76. The summed E-state index contributed by atoms with van der Waals surface area (Å²) in [4.78, 5) is 2.46. The van der Waals surface area contributed by atoms with Crippen molar-refractivity contribution in [2.24, 2.45) is 7.05 Å². The quantitative estimate of drug-likeness (QED) is 0.905. The SMILES string of the molecule is Cn1ccc(CNCc2ccc(N3CCCC3)cc2)n1. The van der Waals surface area contributed by atoms with Crippen LogP contribution in [0.1, 0.15) is 24.1 Å². The van der Waals surface area contributed by atoms with Gasteiger partial charge in [0.15, 0.2) is 0 Å². The molecule has 2 heterocycles. The molecule has 0 atom stereocenters. The van der Waals surface area contributed by atoms with E-state index in [2.05, 4.69) is 39.6 Å². The minimum Gasteiger partial charge on any atom is -0.372 e. The Balaban J connectivity index is 1.50. The first kappa shape index (κ1) is 13.2. The van der Waals surface area contributed by atoms with Crippen LogP contribution in [-0.2, 0) is 20.1 Å². The van der Waals surface area contributed by atoms with Crippen LogP contribution in [0.3, 0.4) is 0 Å². The fourth-order valence-corrected chi connectivity index (χ4v) is 2.69. The molecule has 1 saturated heterocycles. The highest BCUT2D eigenvalue weighted by Crippen LogP contribution is 2.20. The number of anilines is 1. The summed E-state index contributed by atoms with van der Waals surface area (Å²) >= 11 is 0. The van der Waals surface area contributed by atoms with Crippen molar-refractivity contribution in [3.8, 4) is 0 Å². The van der Waals surface area contributed by atoms with Crippen LogP contribution < -0.4 is 10.2 Å². The van der Waals surface area contributed by atoms with Crippen LogP contribution in [-0.4, -0.2) is 22.9 Å². The summed E-state index contributed by atoms with van der Waals surface area (Å²) < 4.78 is 1.84. The zero-order valence-corrected chi connectivity index (χ0v) is 12.0. The Kier molecular flexibility index (Phi) is 4.02. The van der Waals surface area contributed by atoms with Crippen LogP contribution in [0.2, 0.25) is 0 Å². The van der Waals surface area contributed by atoms with Crippen molar-refractivity contribution in [1.82, 2.24) is 15.1 Å². The molecule has 1 aliphatic heterocycles. The van der Waals surface area contributed by atoms with Crippen LogP contribution in [0, 0.1) is 0 Å². The summed E-state index contributed by atoms with van der Waals surface area (Å²) in [6, 6.07) is 11.0. The Bertz CT molecular complexity index is 538. The average molecular weight is 270 g/mol. The van der Waals surface area contributed by atoms with E-state index >= 15 is 0 Å². The van der Waals surface area contributed by atoms with Crippen LogP contribution in [0.15, 0.2) is 36.5 Å². The van der Waals surface area contributed by atoms with Crippen molar-refractivity contribution in [3.05, 3.63) is 47.8 Å². The fraction of sp³-hybridized carbons (Fsp3) is 0.438. The smallest absolute Gasteiger partial charge is 0.0762 e. The van der Waals surface area contributed by atoms with Gasteiger partial charge in [0, 0.05) is 45.1 Å². The Morgan fingerprint density at radius 2 is 1.80 bits per heavy atom. The summed E-state index contributed by atoms with van der Waals surface area (Å²) in [6.07, 6.45) is 4.63. The van der Waals surface area contributed by atoms with E-state index in [1.165, 1.54) is 37.2 Å². The minimum absolute atomic E-state index is 0.814. The second-order valence-corrected chi connectivity index (χ2v) is 5.44. The second kappa shape index (κ2) is 6.09. The molecule has 1 fully saturated rings. The number of hydrogen-bond acceptors (Lipinski definition) is 3. The van der Waals surface area contributed by atoms with Gasteiger partial charge in [-0.2, -0.15) is 5.10 Å². The van der Waals surface area contributed by atoms with Gasteiger partial charge in [-0.3, -0.25) is 4.68 Å². The van der Waals surface area contributed by atoms with Crippen molar-refractivity contribution in [2.45, 2.75) is 25.9 Å². The van der Waals surface area contributed by atoms with Crippen LogP contribution >= 0.6 is 0 Å². The second-order valence-electron chi connectivity index (χ2n) is 5.44. The molecule has 4 nitrogen and oxygen atoms in total. The summed E-state index contributed by atoms with van der Waals surface area (Å²) in [7, 11) is 1.95. The van der Waals surface area contributed by atoms with Crippen molar-refractivity contribution in [2.75, 3.05) is 18.0 Å². The van der Waals surface area contributed by atoms with Gasteiger partial charge in [-0.1, -0.05) is 12.1 Å². The number of rotatable bonds is 5. The van der Waals surface area contributed by atoms with Gasteiger partial charge in [0.2, 0.25) is 0 Å². The molecule has 2 aromatic rings. The van der Waals surface area contributed by atoms with Gasteiger partial charge in [-0.15, -0.1) is 0 Å². The molecule has 0 radical (unpaired) electrons. The lowest BCUT2D eigenvalue weighted by Gasteiger charge is -2.17. The monoisotopic (exact) mass is 270 g/mol. The molecule has 1 aromatic carbocycles. The maximum absolute atomic E-state index is 4.36. The lowest BCUT2D eigenvalue weighted by Crippen LogP contribution is -2.17. The average Bonchev–Trinajstić information content (AvgIpc) is 3.11. The third kappa shape index (κ3) is 3.20. The Hall–Kier alpha value is -1.81. The molecule has 0 amide bonds. The molecule has 1 aliphatic rings. The molecule has 0 unspecified atom stereocenters. The zero-order valence-electron chi connectivity index (χ0n) is 12.0. The standard InChI is InChI=1S/C16H22N4/c1-19-11-8-15(18-19)13-17-12-14-4-6-16(7-5-14)20-9-2-3-10-20/h4-8,11,17H,2-3,9-10,12-13H2,1H3. The molecule has 1 N–H and O–H groups in total. The number of nitrogens with zero attached hydrogens (tertiary/aromatic N) is 3. The number of hydrogen-bond donors (Lipinski definition) is 1. The van der Waals surface area contributed by atoms with Gasteiger partial charge in [-0.05, 0) is 36.6 Å². The molecule has 0 spiro atoms. The third-order valence-corrected chi connectivity index (χ3v) is 3.81. The molecule has 1 aromatic heterocycles.